The first-order chi connectivity index (χ1) is 8.65. The Hall–Kier alpha value is -0.220. The molecule has 1 aliphatic rings. The average Bonchev–Trinajstić information content (AvgIpc) is 2.79. The number of nitrogens with one attached hydrogen (secondary N) is 1. The number of ether oxygens (including phenoxy) is 1. The minimum Gasteiger partial charge on any atom is -0.495 e. The summed E-state index contributed by atoms with van der Waals surface area (Å²) < 4.78 is 7.40. The van der Waals surface area contributed by atoms with E-state index < -0.39 is 0 Å². The first kappa shape index (κ1) is 14.2. The first-order valence-corrected chi connectivity index (χ1v) is 8.03. The van der Waals surface area contributed by atoms with Crippen molar-refractivity contribution in [2.75, 3.05) is 12.4 Å². The summed E-state index contributed by atoms with van der Waals surface area (Å²) in [5.41, 5.74) is 1.13. The van der Waals surface area contributed by atoms with Gasteiger partial charge in [0.05, 0.1) is 17.3 Å². The van der Waals surface area contributed by atoms with E-state index in [-0.39, 0.29) is 0 Å². The van der Waals surface area contributed by atoms with Gasteiger partial charge in [0.2, 0.25) is 0 Å². The van der Waals surface area contributed by atoms with Gasteiger partial charge >= 0.3 is 0 Å². The third-order valence-electron chi connectivity index (χ3n) is 3.77. The van der Waals surface area contributed by atoms with Crippen LogP contribution in [0.1, 0.15) is 32.6 Å². The van der Waals surface area contributed by atoms with Gasteiger partial charge in [0.25, 0.3) is 0 Å². The molecule has 1 N–H and O–H groups in total. The second-order valence-corrected chi connectivity index (χ2v) is 6.53. The molecule has 2 unspecified atom stereocenters. The molecule has 1 aromatic carbocycles. The molecule has 1 aromatic rings. The molecule has 0 heterocycles. The van der Waals surface area contributed by atoms with E-state index in [2.05, 4.69) is 50.2 Å². The molecule has 0 aliphatic heterocycles. The summed E-state index contributed by atoms with van der Waals surface area (Å²) in [6.07, 6.45) is 5.20. The Labute approximate surface area is 126 Å². The molecular weight excluding hydrogens is 358 g/mol. The number of hydrogen-bond donors (Lipinski definition) is 1. The van der Waals surface area contributed by atoms with E-state index in [0.717, 1.165) is 26.3 Å². The number of hydrogen-bond acceptors (Lipinski definition) is 2. The van der Waals surface area contributed by atoms with Crippen molar-refractivity contribution >= 4 is 37.5 Å². The lowest BCUT2D eigenvalue weighted by atomic mass is 10.0. The zero-order valence-corrected chi connectivity index (χ0v) is 14.0. The Kier molecular flexibility index (Phi) is 4.96. The van der Waals surface area contributed by atoms with Crippen LogP contribution in [0.5, 0.6) is 5.75 Å². The predicted molar refractivity (Wildman–Crippen MR) is 83.4 cm³/mol. The highest BCUT2D eigenvalue weighted by Gasteiger charge is 2.26. The van der Waals surface area contributed by atoms with Crippen LogP contribution < -0.4 is 10.1 Å². The highest BCUT2D eigenvalue weighted by atomic mass is 79.9. The molecule has 0 radical (unpaired) electrons. The Morgan fingerprint density at radius 1 is 1.28 bits per heavy atom. The van der Waals surface area contributed by atoms with Gasteiger partial charge in [-0.3, -0.25) is 0 Å². The van der Waals surface area contributed by atoms with E-state index in [9.17, 15) is 0 Å². The van der Waals surface area contributed by atoms with E-state index in [4.69, 9.17) is 4.74 Å². The molecule has 0 bridgehead atoms. The summed E-state index contributed by atoms with van der Waals surface area (Å²) in [4.78, 5) is 0. The van der Waals surface area contributed by atoms with Crippen molar-refractivity contribution in [2.24, 2.45) is 5.92 Å². The van der Waals surface area contributed by atoms with Crippen LogP contribution in [0.15, 0.2) is 21.1 Å². The largest absolute Gasteiger partial charge is 0.495 e. The molecule has 1 fully saturated rings. The monoisotopic (exact) mass is 375 g/mol. The molecule has 100 valence electrons. The molecule has 2 nitrogen and oxygen atoms in total. The van der Waals surface area contributed by atoms with Crippen molar-refractivity contribution in [3.63, 3.8) is 0 Å². The summed E-state index contributed by atoms with van der Waals surface area (Å²) in [6, 6.07) is 4.69. The van der Waals surface area contributed by atoms with Crippen molar-refractivity contribution in [3.05, 3.63) is 21.1 Å². The van der Waals surface area contributed by atoms with Crippen molar-refractivity contribution in [2.45, 2.75) is 38.6 Å². The molecule has 0 saturated heterocycles. The smallest absolute Gasteiger partial charge is 0.135 e. The maximum atomic E-state index is 5.35. The standard InChI is InChI=1S/C14H19Br2NO/c1-3-9-5-4-6-12(9)17-13-8-14(18-2)11(16)7-10(13)15/h7-9,12,17H,3-6H2,1-2H3. The molecule has 0 spiro atoms. The van der Waals surface area contributed by atoms with E-state index in [1.807, 2.05) is 6.07 Å². The second-order valence-electron chi connectivity index (χ2n) is 4.82. The van der Waals surface area contributed by atoms with Crippen LogP contribution in [0.2, 0.25) is 0 Å². The van der Waals surface area contributed by atoms with E-state index in [1.54, 1.807) is 7.11 Å². The molecule has 2 rings (SSSR count). The minimum absolute atomic E-state index is 0.595. The van der Waals surface area contributed by atoms with Gasteiger partial charge in [-0.1, -0.05) is 19.8 Å². The van der Waals surface area contributed by atoms with Gasteiger partial charge in [0, 0.05) is 16.6 Å². The average molecular weight is 377 g/mol. The van der Waals surface area contributed by atoms with Crippen LogP contribution in [0.4, 0.5) is 5.69 Å². The number of halogens is 2. The fourth-order valence-corrected chi connectivity index (χ4v) is 3.98. The van der Waals surface area contributed by atoms with Gasteiger partial charge in [0.15, 0.2) is 0 Å². The summed E-state index contributed by atoms with van der Waals surface area (Å²) >= 11 is 7.11. The van der Waals surface area contributed by atoms with Crippen LogP contribution in [0.25, 0.3) is 0 Å². The topological polar surface area (TPSA) is 21.3 Å². The SMILES string of the molecule is CCC1CCCC1Nc1cc(OC)c(Br)cc1Br. The van der Waals surface area contributed by atoms with Crippen LogP contribution >= 0.6 is 31.9 Å². The Bertz CT molecular complexity index is 423. The molecule has 1 aliphatic carbocycles. The van der Waals surface area contributed by atoms with Gasteiger partial charge in [-0.15, -0.1) is 0 Å². The van der Waals surface area contributed by atoms with Crippen molar-refractivity contribution < 1.29 is 4.74 Å². The Morgan fingerprint density at radius 2 is 2.06 bits per heavy atom. The van der Waals surface area contributed by atoms with Crippen molar-refractivity contribution in [1.29, 1.82) is 0 Å². The third-order valence-corrected chi connectivity index (χ3v) is 5.04. The number of rotatable bonds is 4. The molecule has 18 heavy (non-hydrogen) atoms. The molecule has 1 saturated carbocycles. The van der Waals surface area contributed by atoms with Crippen LogP contribution in [-0.4, -0.2) is 13.2 Å². The maximum Gasteiger partial charge on any atom is 0.135 e. The fourth-order valence-electron chi connectivity index (χ4n) is 2.71. The summed E-state index contributed by atoms with van der Waals surface area (Å²) in [5.74, 6) is 1.67. The number of methoxy groups -OCH3 is 1. The fraction of sp³-hybridized carbons (Fsp3) is 0.571. The molecule has 0 aromatic heterocycles. The first-order valence-electron chi connectivity index (χ1n) is 6.45. The highest BCUT2D eigenvalue weighted by molar-refractivity contribution is 9.11. The summed E-state index contributed by atoms with van der Waals surface area (Å²) in [6.45, 7) is 2.28. The minimum atomic E-state index is 0.595. The van der Waals surface area contributed by atoms with Crippen molar-refractivity contribution in [1.82, 2.24) is 0 Å². The highest BCUT2D eigenvalue weighted by Crippen LogP contribution is 2.37. The van der Waals surface area contributed by atoms with Gasteiger partial charge in [-0.05, 0) is 56.7 Å². The zero-order valence-electron chi connectivity index (χ0n) is 10.8. The predicted octanol–water partition coefficient (Wildman–Crippen LogP) is 5.21. The van der Waals surface area contributed by atoms with Gasteiger partial charge in [0.1, 0.15) is 5.75 Å². The quantitative estimate of drug-likeness (QED) is 0.778. The number of benzene rings is 1. The van der Waals surface area contributed by atoms with E-state index >= 15 is 0 Å². The second kappa shape index (κ2) is 6.29. The Morgan fingerprint density at radius 3 is 2.72 bits per heavy atom. The molecule has 0 amide bonds. The van der Waals surface area contributed by atoms with Crippen LogP contribution in [0, 0.1) is 5.92 Å². The lowest BCUT2D eigenvalue weighted by Gasteiger charge is -2.22. The maximum absolute atomic E-state index is 5.35. The normalized spacial score (nSPS) is 23.1. The zero-order chi connectivity index (χ0) is 13.1. The summed E-state index contributed by atoms with van der Waals surface area (Å²) in [7, 11) is 1.70. The number of anilines is 1. The Balaban J connectivity index is 2.18. The lowest BCUT2D eigenvalue weighted by Crippen LogP contribution is -2.23. The molecule has 2 atom stereocenters. The van der Waals surface area contributed by atoms with E-state index in [0.29, 0.717) is 6.04 Å². The van der Waals surface area contributed by atoms with Gasteiger partial charge in [-0.2, -0.15) is 0 Å². The van der Waals surface area contributed by atoms with Gasteiger partial charge in [-0.25, -0.2) is 0 Å². The van der Waals surface area contributed by atoms with Gasteiger partial charge < -0.3 is 10.1 Å². The molecular formula is C14H19Br2NO. The van der Waals surface area contributed by atoms with Crippen LogP contribution in [-0.2, 0) is 0 Å². The third kappa shape index (κ3) is 3.02. The molecule has 4 heteroatoms. The van der Waals surface area contributed by atoms with E-state index in [1.165, 1.54) is 25.7 Å². The van der Waals surface area contributed by atoms with Crippen LogP contribution in [0.3, 0.4) is 0 Å². The lowest BCUT2D eigenvalue weighted by molar-refractivity contribution is 0.412. The van der Waals surface area contributed by atoms with Crippen molar-refractivity contribution in [3.8, 4) is 5.75 Å². The summed E-state index contributed by atoms with van der Waals surface area (Å²) in [5, 5.41) is 3.66.